The van der Waals surface area contributed by atoms with Crippen LogP contribution in [-0.2, 0) is 21.7 Å². The molecule has 8 heteroatoms. The summed E-state index contributed by atoms with van der Waals surface area (Å²) in [4.78, 5) is 39.0. The first-order chi connectivity index (χ1) is 12.4. The molecule has 0 spiro atoms. The summed E-state index contributed by atoms with van der Waals surface area (Å²) in [6.07, 6.45) is 0. The Labute approximate surface area is 154 Å². The summed E-state index contributed by atoms with van der Waals surface area (Å²) in [6.45, 7) is 1.55. The van der Waals surface area contributed by atoms with Crippen LogP contribution in [0.2, 0.25) is 0 Å². The highest BCUT2D eigenvalue weighted by molar-refractivity contribution is 7.09. The minimum Gasteiger partial charge on any atom is -0.350 e. The number of nitrogens with one attached hydrogen (secondary N) is 2. The fourth-order valence-electron chi connectivity index (χ4n) is 2.73. The van der Waals surface area contributed by atoms with Crippen LogP contribution in [0, 0.1) is 11.3 Å². The monoisotopic (exact) mass is 368 g/mol. The number of urea groups is 1. The molecule has 4 amide bonds. The molecule has 1 fully saturated rings. The molecule has 1 aromatic heterocycles. The Hall–Kier alpha value is -3.18. The van der Waals surface area contributed by atoms with Gasteiger partial charge in [-0.2, -0.15) is 5.26 Å². The molecule has 7 nitrogen and oxygen atoms in total. The topological polar surface area (TPSA) is 102 Å². The van der Waals surface area contributed by atoms with Crippen LogP contribution in [0.1, 0.15) is 22.9 Å². The highest BCUT2D eigenvalue weighted by atomic mass is 32.1. The van der Waals surface area contributed by atoms with Gasteiger partial charge in [0.2, 0.25) is 5.91 Å². The molecule has 1 atom stereocenters. The van der Waals surface area contributed by atoms with Crippen molar-refractivity contribution in [1.82, 2.24) is 15.5 Å². The quantitative estimate of drug-likeness (QED) is 0.784. The summed E-state index contributed by atoms with van der Waals surface area (Å²) in [5.41, 5.74) is -0.424. The standard InChI is InChI=1S/C18H16N4O3S/c1-18(13-5-2-4-12(8-13)9-19)16(24)22(17(25)21-18)11-15(23)20-10-14-6-3-7-26-14/h2-8H,10-11H2,1H3,(H,20,23)(H,21,25)/t18-/m1/s1. The van der Waals surface area contributed by atoms with Gasteiger partial charge in [-0.3, -0.25) is 14.5 Å². The molecule has 0 unspecified atom stereocenters. The molecule has 3 rings (SSSR count). The van der Waals surface area contributed by atoms with Crippen molar-refractivity contribution in [3.63, 3.8) is 0 Å². The van der Waals surface area contributed by atoms with Crippen LogP contribution in [0.25, 0.3) is 0 Å². The molecule has 2 N–H and O–H groups in total. The largest absolute Gasteiger partial charge is 0.350 e. The van der Waals surface area contributed by atoms with E-state index in [2.05, 4.69) is 10.6 Å². The third kappa shape index (κ3) is 3.30. The van der Waals surface area contributed by atoms with Gasteiger partial charge in [-0.25, -0.2) is 4.79 Å². The van der Waals surface area contributed by atoms with Gasteiger partial charge in [0.1, 0.15) is 12.1 Å². The minimum atomic E-state index is -1.31. The van der Waals surface area contributed by atoms with E-state index in [0.717, 1.165) is 9.78 Å². The maximum absolute atomic E-state index is 12.8. The lowest BCUT2D eigenvalue weighted by molar-refractivity contribution is -0.134. The molecule has 26 heavy (non-hydrogen) atoms. The van der Waals surface area contributed by atoms with E-state index in [9.17, 15) is 14.4 Å². The average Bonchev–Trinajstić information content (AvgIpc) is 3.23. The van der Waals surface area contributed by atoms with Crippen molar-refractivity contribution in [3.05, 3.63) is 57.8 Å². The first-order valence-electron chi connectivity index (χ1n) is 7.88. The van der Waals surface area contributed by atoms with Crippen molar-refractivity contribution < 1.29 is 14.4 Å². The Morgan fingerprint density at radius 2 is 2.15 bits per heavy atom. The average molecular weight is 368 g/mol. The molecular formula is C18H16N4O3S. The van der Waals surface area contributed by atoms with Crippen LogP contribution >= 0.6 is 11.3 Å². The molecule has 0 aliphatic carbocycles. The number of nitrogens with zero attached hydrogens (tertiary/aromatic N) is 2. The lowest BCUT2D eigenvalue weighted by atomic mass is 9.91. The molecule has 2 aromatic rings. The Morgan fingerprint density at radius 3 is 2.85 bits per heavy atom. The van der Waals surface area contributed by atoms with Gasteiger partial charge in [-0.05, 0) is 36.1 Å². The molecule has 1 aromatic carbocycles. The van der Waals surface area contributed by atoms with E-state index in [1.807, 2.05) is 23.6 Å². The maximum atomic E-state index is 12.8. The van der Waals surface area contributed by atoms with Crippen molar-refractivity contribution in [2.75, 3.05) is 6.54 Å². The smallest absolute Gasteiger partial charge is 0.325 e. The SMILES string of the molecule is C[C@]1(c2cccc(C#N)c2)NC(=O)N(CC(=O)NCc2cccs2)C1=O. The van der Waals surface area contributed by atoms with Crippen molar-refractivity contribution in [1.29, 1.82) is 5.26 Å². The van der Waals surface area contributed by atoms with Gasteiger partial charge in [0.25, 0.3) is 5.91 Å². The first-order valence-corrected chi connectivity index (χ1v) is 8.76. The zero-order valence-electron chi connectivity index (χ0n) is 14.0. The van der Waals surface area contributed by atoms with E-state index in [4.69, 9.17) is 5.26 Å². The van der Waals surface area contributed by atoms with Gasteiger partial charge in [-0.15, -0.1) is 11.3 Å². The van der Waals surface area contributed by atoms with Gasteiger partial charge in [0.05, 0.1) is 18.2 Å². The number of imide groups is 1. The summed E-state index contributed by atoms with van der Waals surface area (Å²) in [5.74, 6) is -0.944. The highest BCUT2D eigenvalue weighted by Gasteiger charge is 2.49. The Balaban J connectivity index is 1.71. The number of nitriles is 1. The third-order valence-electron chi connectivity index (χ3n) is 4.19. The number of carbonyl (C=O) groups is 3. The fraction of sp³-hybridized carbons (Fsp3) is 0.222. The summed E-state index contributed by atoms with van der Waals surface area (Å²) in [7, 11) is 0. The van der Waals surface area contributed by atoms with E-state index in [1.165, 1.54) is 11.3 Å². The Kier molecular flexibility index (Phi) is 4.73. The molecule has 0 radical (unpaired) electrons. The van der Waals surface area contributed by atoms with Crippen LogP contribution in [0.4, 0.5) is 4.79 Å². The van der Waals surface area contributed by atoms with E-state index in [-0.39, 0.29) is 6.54 Å². The van der Waals surface area contributed by atoms with Crippen LogP contribution in [-0.4, -0.2) is 29.3 Å². The van der Waals surface area contributed by atoms with Gasteiger partial charge in [0, 0.05) is 4.88 Å². The zero-order chi connectivity index (χ0) is 18.7. The third-order valence-corrected chi connectivity index (χ3v) is 5.06. The minimum absolute atomic E-state index is 0.349. The van der Waals surface area contributed by atoms with Crippen molar-refractivity contribution in [2.24, 2.45) is 0 Å². The second kappa shape index (κ2) is 6.98. The second-order valence-electron chi connectivity index (χ2n) is 6.00. The van der Waals surface area contributed by atoms with Crippen LogP contribution < -0.4 is 10.6 Å². The number of carbonyl (C=O) groups excluding carboxylic acids is 3. The number of benzene rings is 1. The van der Waals surface area contributed by atoms with Gasteiger partial charge in [0.15, 0.2) is 0 Å². The van der Waals surface area contributed by atoms with Crippen molar-refractivity contribution in [2.45, 2.75) is 19.0 Å². The summed E-state index contributed by atoms with van der Waals surface area (Å²) in [6, 6.07) is 11.6. The summed E-state index contributed by atoms with van der Waals surface area (Å²) < 4.78 is 0. The Morgan fingerprint density at radius 1 is 1.35 bits per heavy atom. The lowest BCUT2D eigenvalue weighted by Gasteiger charge is -2.22. The highest BCUT2D eigenvalue weighted by Crippen LogP contribution is 2.29. The fourth-order valence-corrected chi connectivity index (χ4v) is 3.38. The van der Waals surface area contributed by atoms with Gasteiger partial charge in [-0.1, -0.05) is 18.2 Å². The molecule has 0 saturated carbocycles. The number of hydrogen-bond acceptors (Lipinski definition) is 5. The van der Waals surface area contributed by atoms with Crippen LogP contribution in [0.5, 0.6) is 0 Å². The molecular weight excluding hydrogens is 352 g/mol. The maximum Gasteiger partial charge on any atom is 0.325 e. The molecule has 2 heterocycles. The normalized spacial score (nSPS) is 19.2. The number of thiophene rings is 1. The van der Waals surface area contributed by atoms with Crippen molar-refractivity contribution in [3.8, 4) is 6.07 Å². The lowest BCUT2D eigenvalue weighted by Crippen LogP contribution is -2.43. The zero-order valence-corrected chi connectivity index (χ0v) is 14.8. The number of hydrogen-bond donors (Lipinski definition) is 2. The van der Waals surface area contributed by atoms with E-state index < -0.39 is 23.4 Å². The van der Waals surface area contributed by atoms with E-state index in [0.29, 0.717) is 17.7 Å². The summed E-state index contributed by atoms with van der Waals surface area (Å²) >= 11 is 1.51. The van der Waals surface area contributed by atoms with Crippen molar-refractivity contribution >= 4 is 29.2 Å². The van der Waals surface area contributed by atoms with Gasteiger partial charge < -0.3 is 10.6 Å². The predicted octanol–water partition coefficient (Wildman–Crippen LogP) is 1.70. The summed E-state index contributed by atoms with van der Waals surface area (Å²) in [5, 5.41) is 16.2. The second-order valence-corrected chi connectivity index (χ2v) is 7.03. The number of rotatable bonds is 5. The van der Waals surface area contributed by atoms with E-state index >= 15 is 0 Å². The first kappa shape index (κ1) is 17.6. The predicted molar refractivity (Wildman–Crippen MR) is 94.9 cm³/mol. The molecule has 1 saturated heterocycles. The molecule has 1 aliphatic rings. The Bertz CT molecular complexity index is 903. The molecule has 132 valence electrons. The van der Waals surface area contributed by atoms with E-state index in [1.54, 1.807) is 31.2 Å². The van der Waals surface area contributed by atoms with Gasteiger partial charge >= 0.3 is 6.03 Å². The number of amides is 4. The molecule has 1 aliphatic heterocycles. The van der Waals surface area contributed by atoms with Crippen LogP contribution in [0.3, 0.4) is 0 Å². The molecule has 0 bridgehead atoms. The van der Waals surface area contributed by atoms with Crippen LogP contribution in [0.15, 0.2) is 41.8 Å².